The lowest BCUT2D eigenvalue weighted by Crippen LogP contribution is -2.36. The van der Waals surface area contributed by atoms with Crippen molar-refractivity contribution in [3.8, 4) is 0 Å². The van der Waals surface area contributed by atoms with Gasteiger partial charge >= 0.3 is 0 Å². The quantitative estimate of drug-likeness (QED) is 0.331. The van der Waals surface area contributed by atoms with Crippen molar-refractivity contribution in [1.29, 1.82) is 0 Å². The van der Waals surface area contributed by atoms with E-state index in [1.807, 2.05) is 11.0 Å². The van der Waals surface area contributed by atoms with Gasteiger partial charge in [0, 0.05) is 31.0 Å². The minimum Gasteiger partial charge on any atom is -0.358 e. The van der Waals surface area contributed by atoms with Gasteiger partial charge in [-0.25, -0.2) is 0 Å². The molecule has 3 N–H and O–H groups in total. The highest BCUT2D eigenvalue weighted by Crippen LogP contribution is 2.47. The van der Waals surface area contributed by atoms with Crippen LogP contribution in [-0.2, 0) is 25.0 Å². The maximum atomic E-state index is 13.6. The summed E-state index contributed by atoms with van der Waals surface area (Å²) in [5.74, 6) is -0.384. The predicted molar refractivity (Wildman–Crippen MR) is 130 cm³/mol. The van der Waals surface area contributed by atoms with Crippen molar-refractivity contribution in [3.05, 3.63) is 82.9 Å². The molecular formula is C24H18N2O8S2. The summed E-state index contributed by atoms with van der Waals surface area (Å²) in [5.41, 5.74) is 3.17. The third-order valence-electron chi connectivity index (χ3n) is 6.11. The molecule has 0 fully saturated rings. The Balaban J connectivity index is 1.74. The van der Waals surface area contributed by atoms with Gasteiger partial charge in [-0.15, -0.1) is 0 Å². The molecule has 1 aliphatic carbocycles. The third kappa shape index (κ3) is 3.74. The minimum absolute atomic E-state index is 0.201. The Morgan fingerprint density at radius 3 is 2.39 bits per heavy atom. The molecule has 3 aromatic rings. The van der Waals surface area contributed by atoms with Gasteiger partial charge in [0.25, 0.3) is 20.2 Å². The summed E-state index contributed by atoms with van der Waals surface area (Å²) in [6.07, 6.45) is 1.45. The number of carbonyl (C=O) groups is 1. The molecule has 0 saturated heterocycles. The number of nitrogens with zero attached hydrogens (tertiary/aromatic N) is 1. The van der Waals surface area contributed by atoms with E-state index in [1.54, 1.807) is 38.4 Å². The molecule has 0 bridgehead atoms. The molecule has 5 rings (SSSR count). The van der Waals surface area contributed by atoms with Crippen molar-refractivity contribution in [3.63, 3.8) is 0 Å². The molecular weight excluding hydrogens is 508 g/mol. The largest absolute Gasteiger partial charge is 0.358 e. The van der Waals surface area contributed by atoms with E-state index in [0.717, 1.165) is 17.7 Å². The summed E-state index contributed by atoms with van der Waals surface area (Å²) in [6.45, 7) is 0. The first-order valence-electron chi connectivity index (χ1n) is 10.4. The van der Waals surface area contributed by atoms with E-state index >= 15 is 0 Å². The number of carbonyl (C=O) groups excluding carboxylic acids is 1. The first-order chi connectivity index (χ1) is 16.9. The lowest BCUT2D eigenvalue weighted by molar-refractivity contribution is 0.103. The van der Waals surface area contributed by atoms with Crippen LogP contribution in [0.25, 0.3) is 5.57 Å². The average Bonchev–Trinajstić information content (AvgIpc) is 2.82. The van der Waals surface area contributed by atoms with Gasteiger partial charge in [-0.05, 0) is 54.1 Å². The number of fused-ring (bicyclic) bond motifs is 2. The van der Waals surface area contributed by atoms with E-state index in [-0.39, 0.29) is 28.3 Å². The van der Waals surface area contributed by atoms with E-state index in [0.29, 0.717) is 22.9 Å². The molecule has 0 spiro atoms. The number of methoxy groups -OCH3 is 1. The van der Waals surface area contributed by atoms with Gasteiger partial charge in [0.05, 0.1) is 27.4 Å². The SMILES string of the molecule is COC1C=C2c3ccc#cc3C(=O)c3c(Nc4ccc(S(=O)(=O)O)cc4S(=O)(=O)O)ccc(c32)N1C. The molecule has 0 amide bonds. The molecule has 2 aliphatic rings. The molecule has 0 saturated carbocycles. The second-order valence-electron chi connectivity index (χ2n) is 8.15. The normalized spacial score (nSPS) is 16.6. The number of anilines is 3. The standard InChI is InChI=1S/C24H18N2O8S2/c1-26-19-10-9-18(25-17-8-7-13(35(28,29)30)11-20(17)36(31,32)33)23-22(19)16(12-21(26)34-2)14-5-3-4-6-15(14)24(23)27/h3,5,7-12,21,25H,1-2H3,(H,28,29,30)(H,31,32,33). The van der Waals surface area contributed by atoms with Crippen molar-refractivity contribution in [2.24, 2.45) is 0 Å². The van der Waals surface area contributed by atoms with Crippen molar-refractivity contribution >= 4 is 48.7 Å². The summed E-state index contributed by atoms with van der Waals surface area (Å²) < 4.78 is 71.7. The monoisotopic (exact) mass is 526 g/mol. The first-order valence-corrected chi connectivity index (χ1v) is 13.3. The van der Waals surface area contributed by atoms with Gasteiger partial charge in [-0.2, -0.15) is 16.8 Å². The van der Waals surface area contributed by atoms with Crippen LogP contribution >= 0.6 is 0 Å². The number of hydrogen-bond acceptors (Lipinski definition) is 8. The Kier molecular flexibility index (Phi) is 5.43. The minimum atomic E-state index is -4.92. The van der Waals surface area contributed by atoms with Crippen LogP contribution in [0.15, 0.2) is 58.3 Å². The van der Waals surface area contributed by atoms with Crippen LogP contribution < -0.4 is 10.2 Å². The Bertz CT molecular complexity index is 1690. The lowest BCUT2D eigenvalue weighted by Gasteiger charge is -2.37. The summed E-state index contributed by atoms with van der Waals surface area (Å²) in [6, 6.07) is 15.0. The number of nitrogens with one attached hydrogen (secondary N) is 1. The van der Waals surface area contributed by atoms with Crippen LogP contribution in [0.4, 0.5) is 17.1 Å². The van der Waals surface area contributed by atoms with Crippen LogP contribution in [0.1, 0.15) is 27.0 Å². The Morgan fingerprint density at radius 2 is 1.72 bits per heavy atom. The fourth-order valence-corrected chi connectivity index (χ4v) is 5.72. The molecule has 1 unspecified atom stereocenters. The fraction of sp³-hybridized carbons (Fsp3) is 0.125. The van der Waals surface area contributed by atoms with E-state index in [2.05, 4.69) is 17.4 Å². The number of likely N-dealkylation sites (N-methyl/N-ethyl adjacent to an activating group) is 1. The van der Waals surface area contributed by atoms with Gasteiger partial charge in [0.1, 0.15) is 11.1 Å². The van der Waals surface area contributed by atoms with Crippen molar-refractivity contribution in [2.45, 2.75) is 16.0 Å². The highest BCUT2D eigenvalue weighted by Gasteiger charge is 2.36. The zero-order chi connectivity index (χ0) is 26.0. The van der Waals surface area contributed by atoms with Crippen LogP contribution in [-0.4, -0.2) is 52.1 Å². The number of ketones is 1. The molecule has 10 nitrogen and oxygen atoms in total. The van der Waals surface area contributed by atoms with E-state index in [1.165, 1.54) is 0 Å². The number of benzene rings is 2. The topological polar surface area (TPSA) is 150 Å². The summed E-state index contributed by atoms with van der Waals surface area (Å²) >= 11 is 0. The zero-order valence-corrected chi connectivity index (χ0v) is 20.4. The average molecular weight is 527 g/mol. The molecule has 184 valence electrons. The summed E-state index contributed by atoms with van der Waals surface area (Å²) in [5, 5.41) is 2.85. The second kappa shape index (κ2) is 8.16. The fourth-order valence-electron chi connectivity index (χ4n) is 4.47. The summed E-state index contributed by atoms with van der Waals surface area (Å²) in [4.78, 5) is 14.0. The van der Waals surface area contributed by atoms with Gasteiger partial charge in [-0.1, -0.05) is 12.1 Å². The zero-order valence-electron chi connectivity index (χ0n) is 18.8. The highest BCUT2D eigenvalue weighted by atomic mass is 32.2. The van der Waals surface area contributed by atoms with Crippen LogP contribution in [0.3, 0.4) is 0 Å². The van der Waals surface area contributed by atoms with E-state index in [4.69, 9.17) is 4.74 Å². The molecule has 1 aliphatic heterocycles. The van der Waals surface area contributed by atoms with Crippen molar-refractivity contribution < 1.29 is 35.5 Å². The maximum absolute atomic E-state index is 13.6. The summed E-state index contributed by atoms with van der Waals surface area (Å²) in [7, 11) is -6.30. The maximum Gasteiger partial charge on any atom is 0.296 e. The number of ether oxygens (including phenoxy) is 1. The molecule has 0 aromatic heterocycles. The Morgan fingerprint density at radius 1 is 1.00 bits per heavy atom. The molecule has 1 heterocycles. The molecule has 12 heteroatoms. The molecule has 0 radical (unpaired) electrons. The predicted octanol–water partition coefficient (Wildman–Crippen LogP) is 2.92. The van der Waals surface area contributed by atoms with Gasteiger partial charge in [0.15, 0.2) is 0 Å². The van der Waals surface area contributed by atoms with Crippen LogP contribution in [0, 0.1) is 12.1 Å². The van der Waals surface area contributed by atoms with Crippen molar-refractivity contribution in [1.82, 2.24) is 0 Å². The van der Waals surface area contributed by atoms with E-state index < -0.39 is 36.3 Å². The molecule has 1 atom stereocenters. The van der Waals surface area contributed by atoms with Crippen LogP contribution in [0.5, 0.6) is 0 Å². The number of hydrogen-bond donors (Lipinski definition) is 3. The highest BCUT2D eigenvalue weighted by molar-refractivity contribution is 7.86. The van der Waals surface area contributed by atoms with Gasteiger partial charge in [0.2, 0.25) is 5.78 Å². The Labute approximate surface area is 207 Å². The smallest absolute Gasteiger partial charge is 0.296 e. The Hall–Kier alpha value is -3.73. The van der Waals surface area contributed by atoms with Crippen LogP contribution in [0.2, 0.25) is 0 Å². The third-order valence-corrected chi connectivity index (χ3v) is 7.85. The van der Waals surface area contributed by atoms with Crippen molar-refractivity contribution in [2.75, 3.05) is 24.4 Å². The lowest BCUT2D eigenvalue weighted by atomic mass is 9.78. The van der Waals surface area contributed by atoms with Gasteiger partial charge in [-0.3, -0.25) is 13.9 Å². The molecule has 3 aromatic carbocycles. The number of rotatable bonds is 5. The second-order valence-corrected chi connectivity index (χ2v) is 11.0. The molecule has 36 heavy (non-hydrogen) atoms. The van der Waals surface area contributed by atoms with E-state index in [9.17, 15) is 30.7 Å². The first kappa shape index (κ1) is 24.0. The van der Waals surface area contributed by atoms with Gasteiger partial charge < -0.3 is 15.0 Å².